The standard InChI is InChI=1S/C16H14BrN3/c1-11-15-5-3-2-4-12(15)6-7-20(11)16-13(9-18)8-14(17)10-19-16/h2-5,8,10-11H,6-7H2,1H3. The van der Waals surface area contributed by atoms with Crippen molar-refractivity contribution < 1.29 is 0 Å². The van der Waals surface area contributed by atoms with Crippen molar-refractivity contribution in [3.05, 3.63) is 57.7 Å². The third kappa shape index (κ3) is 2.19. The Morgan fingerprint density at radius 3 is 3.00 bits per heavy atom. The molecule has 4 heteroatoms. The molecule has 0 amide bonds. The van der Waals surface area contributed by atoms with Gasteiger partial charge >= 0.3 is 0 Å². The molecule has 1 aromatic heterocycles. The fourth-order valence-electron chi connectivity index (χ4n) is 2.80. The summed E-state index contributed by atoms with van der Waals surface area (Å²) in [6.07, 6.45) is 2.74. The zero-order chi connectivity index (χ0) is 14.1. The number of nitriles is 1. The Kier molecular flexibility index (Phi) is 3.45. The molecular formula is C16H14BrN3. The van der Waals surface area contributed by atoms with Crippen LogP contribution in [-0.2, 0) is 6.42 Å². The van der Waals surface area contributed by atoms with E-state index >= 15 is 0 Å². The van der Waals surface area contributed by atoms with Gasteiger partial charge in [0, 0.05) is 17.2 Å². The Hall–Kier alpha value is -1.86. The number of benzene rings is 1. The minimum atomic E-state index is 0.237. The highest BCUT2D eigenvalue weighted by Gasteiger charge is 2.26. The molecule has 0 saturated carbocycles. The molecule has 0 radical (unpaired) electrons. The monoisotopic (exact) mass is 327 g/mol. The lowest BCUT2D eigenvalue weighted by atomic mass is 9.93. The molecule has 1 aliphatic heterocycles. The normalized spacial score (nSPS) is 17.4. The fraction of sp³-hybridized carbons (Fsp3) is 0.250. The molecule has 2 heterocycles. The second kappa shape index (κ2) is 5.26. The molecule has 3 rings (SSSR count). The lowest BCUT2D eigenvalue weighted by Crippen LogP contribution is -2.35. The first-order valence-corrected chi connectivity index (χ1v) is 7.40. The summed E-state index contributed by atoms with van der Waals surface area (Å²) in [7, 11) is 0. The maximum absolute atomic E-state index is 9.32. The van der Waals surface area contributed by atoms with Gasteiger partial charge in [0.2, 0.25) is 0 Å². The van der Waals surface area contributed by atoms with Crippen LogP contribution in [0.5, 0.6) is 0 Å². The third-order valence-corrected chi connectivity index (χ3v) is 4.25. The summed E-state index contributed by atoms with van der Waals surface area (Å²) in [4.78, 5) is 6.67. The summed E-state index contributed by atoms with van der Waals surface area (Å²) in [6, 6.07) is 12.8. The Morgan fingerprint density at radius 2 is 2.20 bits per heavy atom. The van der Waals surface area contributed by atoms with E-state index in [2.05, 4.69) is 63.1 Å². The number of hydrogen-bond donors (Lipinski definition) is 0. The van der Waals surface area contributed by atoms with Crippen LogP contribution in [0.4, 0.5) is 5.82 Å². The van der Waals surface area contributed by atoms with Gasteiger partial charge in [0.15, 0.2) is 0 Å². The van der Waals surface area contributed by atoms with Crippen LogP contribution in [0.15, 0.2) is 41.0 Å². The first-order chi connectivity index (χ1) is 9.70. The highest BCUT2D eigenvalue weighted by atomic mass is 79.9. The largest absolute Gasteiger partial charge is 0.348 e. The Labute approximate surface area is 127 Å². The van der Waals surface area contributed by atoms with E-state index in [4.69, 9.17) is 0 Å². The predicted octanol–water partition coefficient (Wildman–Crippen LogP) is 3.84. The van der Waals surface area contributed by atoms with Gasteiger partial charge in [0.25, 0.3) is 0 Å². The molecule has 1 aromatic carbocycles. The van der Waals surface area contributed by atoms with Crippen LogP contribution in [0, 0.1) is 11.3 Å². The van der Waals surface area contributed by atoms with E-state index in [-0.39, 0.29) is 6.04 Å². The average molecular weight is 328 g/mol. The number of anilines is 1. The van der Waals surface area contributed by atoms with E-state index in [9.17, 15) is 5.26 Å². The highest BCUT2D eigenvalue weighted by molar-refractivity contribution is 9.10. The van der Waals surface area contributed by atoms with Crippen LogP contribution in [-0.4, -0.2) is 11.5 Å². The smallest absolute Gasteiger partial charge is 0.147 e. The van der Waals surface area contributed by atoms with Gasteiger partial charge in [-0.3, -0.25) is 0 Å². The molecule has 1 aliphatic rings. The molecule has 0 fully saturated rings. The maximum Gasteiger partial charge on any atom is 0.147 e. The molecule has 0 spiro atoms. The zero-order valence-corrected chi connectivity index (χ0v) is 12.8. The van der Waals surface area contributed by atoms with Crippen molar-refractivity contribution in [3.8, 4) is 6.07 Å². The van der Waals surface area contributed by atoms with Gasteiger partial charge in [-0.2, -0.15) is 5.26 Å². The molecule has 20 heavy (non-hydrogen) atoms. The molecule has 1 atom stereocenters. The molecule has 100 valence electrons. The summed E-state index contributed by atoms with van der Waals surface area (Å²) >= 11 is 3.37. The van der Waals surface area contributed by atoms with Crippen molar-refractivity contribution in [1.29, 1.82) is 5.26 Å². The summed E-state index contributed by atoms with van der Waals surface area (Å²) in [6.45, 7) is 3.06. The second-order valence-corrected chi connectivity index (χ2v) is 5.87. The van der Waals surface area contributed by atoms with Gasteiger partial charge in [0.1, 0.15) is 11.9 Å². The van der Waals surface area contributed by atoms with Crippen molar-refractivity contribution in [2.75, 3.05) is 11.4 Å². The molecule has 0 bridgehead atoms. The third-order valence-electron chi connectivity index (χ3n) is 3.82. The molecule has 0 aliphatic carbocycles. The molecule has 0 saturated heterocycles. The summed E-state index contributed by atoms with van der Waals surface area (Å²) in [5.41, 5.74) is 3.34. The van der Waals surface area contributed by atoms with Crippen LogP contribution in [0.25, 0.3) is 0 Å². The number of hydrogen-bond acceptors (Lipinski definition) is 3. The van der Waals surface area contributed by atoms with Gasteiger partial charge in [-0.05, 0) is 46.5 Å². The van der Waals surface area contributed by atoms with E-state index in [0.717, 1.165) is 23.3 Å². The van der Waals surface area contributed by atoms with E-state index in [1.54, 1.807) is 6.20 Å². The Balaban J connectivity index is 2.03. The fourth-order valence-corrected chi connectivity index (χ4v) is 3.14. The van der Waals surface area contributed by atoms with Crippen LogP contribution < -0.4 is 4.90 Å². The van der Waals surface area contributed by atoms with Crippen molar-refractivity contribution in [3.63, 3.8) is 0 Å². The number of rotatable bonds is 1. The number of pyridine rings is 1. The Bertz CT molecular complexity index is 690. The molecule has 1 unspecified atom stereocenters. The first kappa shape index (κ1) is 13.1. The number of fused-ring (bicyclic) bond motifs is 1. The van der Waals surface area contributed by atoms with E-state index in [1.165, 1.54) is 11.1 Å². The zero-order valence-electron chi connectivity index (χ0n) is 11.2. The van der Waals surface area contributed by atoms with Gasteiger partial charge in [-0.1, -0.05) is 24.3 Å². The molecule has 3 nitrogen and oxygen atoms in total. The van der Waals surface area contributed by atoms with Crippen LogP contribution in [0.2, 0.25) is 0 Å². The molecule has 2 aromatic rings. The number of halogens is 1. The SMILES string of the molecule is CC1c2ccccc2CCN1c1ncc(Br)cc1C#N. The summed E-state index contributed by atoms with van der Waals surface area (Å²) in [5, 5.41) is 9.32. The van der Waals surface area contributed by atoms with Gasteiger partial charge < -0.3 is 4.90 Å². The van der Waals surface area contributed by atoms with E-state index in [1.807, 2.05) is 6.07 Å². The van der Waals surface area contributed by atoms with Crippen LogP contribution >= 0.6 is 15.9 Å². The van der Waals surface area contributed by atoms with Crippen molar-refractivity contribution in [2.45, 2.75) is 19.4 Å². The summed E-state index contributed by atoms with van der Waals surface area (Å²) < 4.78 is 0.836. The van der Waals surface area contributed by atoms with Gasteiger partial charge in [-0.25, -0.2) is 4.98 Å². The minimum Gasteiger partial charge on any atom is -0.348 e. The van der Waals surface area contributed by atoms with Gasteiger partial charge in [-0.15, -0.1) is 0 Å². The first-order valence-electron chi connectivity index (χ1n) is 6.61. The summed E-state index contributed by atoms with van der Waals surface area (Å²) in [5.74, 6) is 0.776. The van der Waals surface area contributed by atoms with E-state index in [0.29, 0.717) is 5.56 Å². The number of nitrogens with zero attached hydrogens (tertiary/aromatic N) is 3. The lowest BCUT2D eigenvalue weighted by Gasteiger charge is -2.36. The number of aromatic nitrogens is 1. The van der Waals surface area contributed by atoms with Crippen molar-refractivity contribution in [1.82, 2.24) is 4.98 Å². The van der Waals surface area contributed by atoms with Gasteiger partial charge in [0.05, 0.1) is 11.6 Å². The lowest BCUT2D eigenvalue weighted by molar-refractivity contribution is 0.616. The minimum absolute atomic E-state index is 0.237. The quantitative estimate of drug-likeness (QED) is 0.798. The average Bonchev–Trinajstić information content (AvgIpc) is 2.48. The van der Waals surface area contributed by atoms with Crippen molar-refractivity contribution >= 4 is 21.7 Å². The van der Waals surface area contributed by atoms with Crippen LogP contribution in [0.1, 0.15) is 29.7 Å². The highest BCUT2D eigenvalue weighted by Crippen LogP contribution is 2.34. The van der Waals surface area contributed by atoms with E-state index < -0.39 is 0 Å². The second-order valence-electron chi connectivity index (χ2n) is 4.95. The maximum atomic E-state index is 9.32. The van der Waals surface area contributed by atoms with Crippen molar-refractivity contribution in [2.24, 2.45) is 0 Å². The molecule has 0 N–H and O–H groups in total. The van der Waals surface area contributed by atoms with Crippen LogP contribution in [0.3, 0.4) is 0 Å². The Morgan fingerprint density at radius 1 is 1.40 bits per heavy atom. The molecular weight excluding hydrogens is 314 g/mol. The predicted molar refractivity (Wildman–Crippen MR) is 82.6 cm³/mol. The topological polar surface area (TPSA) is 39.9 Å².